The molecule has 0 bridgehead atoms. The summed E-state index contributed by atoms with van der Waals surface area (Å²) in [5.41, 5.74) is 1.45. The maximum absolute atomic E-state index is 3.67. The molecule has 0 amide bonds. The zero-order valence-corrected chi connectivity index (χ0v) is 12.6. The Hall–Kier alpha value is -0.0900. The molecule has 0 saturated carbocycles. The summed E-state index contributed by atoms with van der Waals surface area (Å²) in [4.78, 5) is 0. The lowest BCUT2D eigenvalue weighted by atomic mass is 9.92. The first-order valence-electron chi connectivity index (χ1n) is 6.18. The maximum atomic E-state index is 3.67. The molecule has 0 aliphatic rings. The Morgan fingerprint density at radius 3 is 2.50 bits per heavy atom. The Morgan fingerprint density at radius 2 is 1.94 bits per heavy atom. The van der Waals surface area contributed by atoms with Gasteiger partial charge in [-0.3, -0.25) is 0 Å². The van der Waals surface area contributed by atoms with Crippen molar-refractivity contribution in [2.75, 3.05) is 6.54 Å². The zero-order chi connectivity index (χ0) is 12.0. The second-order valence-electron chi connectivity index (χ2n) is 4.34. The summed E-state index contributed by atoms with van der Waals surface area (Å²) in [7, 11) is 0. The van der Waals surface area contributed by atoms with E-state index in [9.17, 15) is 0 Å². The largest absolute Gasteiger partial charge is 0.310 e. The lowest BCUT2D eigenvalue weighted by Gasteiger charge is -2.25. The van der Waals surface area contributed by atoms with Crippen molar-refractivity contribution >= 4 is 22.6 Å². The fourth-order valence-electron chi connectivity index (χ4n) is 1.88. The van der Waals surface area contributed by atoms with Gasteiger partial charge in [0.1, 0.15) is 0 Å². The molecule has 1 aromatic carbocycles. The van der Waals surface area contributed by atoms with E-state index in [1.807, 2.05) is 0 Å². The zero-order valence-electron chi connectivity index (χ0n) is 10.5. The number of halogens is 1. The fraction of sp³-hybridized carbons (Fsp3) is 0.571. The third-order valence-electron chi connectivity index (χ3n) is 3.07. The third kappa shape index (κ3) is 3.74. The first-order chi connectivity index (χ1) is 7.70. The van der Waals surface area contributed by atoms with Crippen molar-refractivity contribution in [1.29, 1.82) is 0 Å². The molecule has 90 valence electrons. The van der Waals surface area contributed by atoms with Crippen LogP contribution in [0.1, 0.15) is 45.2 Å². The lowest BCUT2D eigenvalue weighted by molar-refractivity contribution is 0.376. The molecular formula is C14H22IN. The Bertz CT molecular complexity index is 311. The quantitative estimate of drug-likeness (QED) is 0.763. The molecular weight excluding hydrogens is 309 g/mol. The molecule has 2 atom stereocenters. The van der Waals surface area contributed by atoms with Gasteiger partial charge in [0.2, 0.25) is 0 Å². The van der Waals surface area contributed by atoms with Gasteiger partial charge in [-0.1, -0.05) is 45.4 Å². The van der Waals surface area contributed by atoms with E-state index < -0.39 is 0 Å². The third-order valence-corrected chi connectivity index (χ3v) is 4.05. The van der Waals surface area contributed by atoms with Gasteiger partial charge in [-0.2, -0.15) is 0 Å². The molecule has 1 rings (SSSR count). The average Bonchev–Trinajstić information content (AvgIpc) is 2.31. The van der Waals surface area contributed by atoms with Crippen LogP contribution < -0.4 is 5.32 Å². The van der Waals surface area contributed by atoms with Crippen molar-refractivity contribution in [2.45, 2.75) is 39.7 Å². The summed E-state index contributed by atoms with van der Waals surface area (Å²) < 4.78 is 1.37. The summed E-state index contributed by atoms with van der Waals surface area (Å²) in [5, 5.41) is 3.67. The normalized spacial score (nSPS) is 14.8. The highest BCUT2D eigenvalue weighted by atomic mass is 127. The molecule has 0 spiro atoms. The predicted octanol–water partition coefficient (Wildman–Crippen LogP) is 4.38. The minimum Gasteiger partial charge on any atom is -0.310 e. The van der Waals surface area contributed by atoms with Crippen molar-refractivity contribution in [3.63, 3.8) is 0 Å². The van der Waals surface area contributed by atoms with E-state index in [4.69, 9.17) is 0 Å². The molecule has 2 heteroatoms. The molecule has 0 fully saturated rings. The summed E-state index contributed by atoms with van der Waals surface area (Å²) in [6.45, 7) is 7.91. The summed E-state index contributed by atoms with van der Waals surface area (Å²) in [5.74, 6) is 0.683. The SMILES string of the molecule is CCCNC(c1ccccc1I)C(C)CC. The van der Waals surface area contributed by atoms with Crippen LogP contribution in [0.2, 0.25) is 0 Å². The van der Waals surface area contributed by atoms with Crippen LogP contribution in [0.15, 0.2) is 24.3 Å². The molecule has 0 radical (unpaired) electrons. The van der Waals surface area contributed by atoms with Gasteiger partial charge in [-0.25, -0.2) is 0 Å². The Kier molecular flexibility index (Phi) is 6.36. The lowest BCUT2D eigenvalue weighted by Crippen LogP contribution is -2.28. The van der Waals surface area contributed by atoms with Crippen molar-refractivity contribution in [1.82, 2.24) is 5.32 Å². The van der Waals surface area contributed by atoms with Gasteiger partial charge >= 0.3 is 0 Å². The number of benzene rings is 1. The second-order valence-corrected chi connectivity index (χ2v) is 5.50. The Morgan fingerprint density at radius 1 is 1.25 bits per heavy atom. The van der Waals surface area contributed by atoms with E-state index in [1.54, 1.807) is 0 Å². The molecule has 16 heavy (non-hydrogen) atoms. The van der Waals surface area contributed by atoms with E-state index in [1.165, 1.54) is 22.0 Å². The van der Waals surface area contributed by atoms with Crippen molar-refractivity contribution < 1.29 is 0 Å². The van der Waals surface area contributed by atoms with Crippen LogP contribution in [0.25, 0.3) is 0 Å². The smallest absolute Gasteiger partial charge is 0.0356 e. The van der Waals surface area contributed by atoms with Gasteiger partial charge in [0.05, 0.1) is 0 Å². The minimum atomic E-state index is 0.498. The molecule has 1 nitrogen and oxygen atoms in total. The van der Waals surface area contributed by atoms with Crippen LogP contribution in [0, 0.1) is 9.49 Å². The average molecular weight is 331 g/mol. The van der Waals surface area contributed by atoms with Crippen molar-refractivity contribution in [3.8, 4) is 0 Å². The number of hydrogen-bond donors (Lipinski definition) is 1. The molecule has 0 aliphatic carbocycles. The second kappa shape index (κ2) is 7.28. The number of nitrogens with one attached hydrogen (secondary N) is 1. The number of rotatable bonds is 6. The van der Waals surface area contributed by atoms with Crippen LogP contribution in [-0.2, 0) is 0 Å². The first-order valence-corrected chi connectivity index (χ1v) is 7.26. The molecule has 0 heterocycles. The Balaban J connectivity index is 2.87. The topological polar surface area (TPSA) is 12.0 Å². The molecule has 2 unspecified atom stereocenters. The molecule has 0 aliphatic heterocycles. The van der Waals surface area contributed by atoms with Crippen LogP contribution in [0.5, 0.6) is 0 Å². The van der Waals surface area contributed by atoms with Crippen LogP contribution in [0.4, 0.5) is 0 Å². The highest BCUT2D eigenvalue weighted by Gasteiger charge is 2.18. The highest BCUT2D eigenvalue weighted by molar-refractivity contribution is 14.1. The Labute approximate surface area is 113 Å². The van der Waals surface area contributed by atoms with E-state index in [2.05, 4.69) is 72.9 Å². The van der Waals surface area contributed by atoms with E-state index in [0.29, 0.717) is 12.0 Å². The molecule has 1 N–H and O–H groups in total. The summed E-state index contributed by atoms with van der Waals surface area (Å²) in [6.07, 6.45) is 2.41. The monoisotopic (exact) mass is 331 g/mol. The van der Waals surface area contributed by atoms with Crippen LogP contribution in [-0.4, -0.2) is 6.54 Å². The van der Waals surface area contributed by atoms with Gasteiger partial charge in [0.15, 0.2) is 0 Å². The molecule has 1 aromatic rings. The van der Waals surface area contributed by atoms with Gasteiger partial charge in [0.25, 0.3) is 0 Å². The van der Waals surface area contributed by atoms with Gasteiger partial charge in [-0.15, -0.1) is 0 Å². The predicted molar refractivity (Wildman–Crippen MR) is 79.6 cm³/mol. The first kappa shape index (κ1) is 14.0. The van der Waals surface area contributed by atoms with E-state index >= 15 is 0 Å². The van der Waals surface area contributed by atoms with Crippen LogP contribution in [0.3, 0.4) is 0 Å². The van der Waals surface area contributed by atoms with Gasteiger partial charge < -0.3 is 5.32 Å². The van der Waals surface area contributed by atoms with Gasteiger partial charge in [-0.05, 0) is 53.1 Å². The fourth-order valence-corrected chi connectivity index (χ4v) is 2.60. The van der Waals surface area contributed by atoms with Crippen molar-refractivity contribution in [3.05, 3.63) is 33.4 Å². The maximum Gasteiger partial charge on any atom is 0.0356 e. The van der Waals surface area contributed by atoms with E-state index in [-0.39, 0.29) is 0 Å². The summed E-state index contributed by atoms with van der Waals surface area (Å²) >= 11 is 2.44. The molecule has 0 saturated heterocycles. The van der Waals surface area contributed by atoms with Crippen LogP contribution >= 0.6 is 22.6 Å². The number of hydrogen-bond acceptors (Lipinski definition) is 1. The standard InChI is InChI=1S/C14H22IN/c1-4-10-16-14(11(3)5-2)12-8-6-7-9-13(12)15/h6-9,11,14,16H,4-5,10H2,1-3H3. The molecule has 0 aromatic heterocycles. The van der Waals surface area contributed by atoms with Crippen molar-refractivity contribution in [2.24, 2.45) is 5.92 Å². The highest BCUT2D eigenvalue weighted by Crippen LogP contribution is 2.27. The summed E-state index contributed by atoms with van der Waals surface area (Å²) in [6, 6.07) is 9.19. The van der Waals surface area contributed by atoms with E-state index in [0.717, 1.165) is 6.54 Å². The minimum absolute atomic E-state index is 0.498. The van der Waals surface area contributed by atoms with Gasteiger partial charge in [0, 0.05) is 9.61 Å².